The van der Waals surface area contributed by atoms with Crippen LogP contribution in [0, 0.1) is 0 Å². The molecule has 2 aromatic heterocycles. The first-order valence-corrected chi connectivity index (χ1v) is 12.7. The van der Waals surface area contributed by atoms with Gasteiger partial charge in [0.2, 0.25) is 0 Å². The molecule has 4 N–H and O–H groups in total. The van der Waals surface area contributed by atoms with Crippen molar-refractivity contribution >= 4 is 5.97 Å². The van der Waals surface area contributed by atoms with Gasteiger partial charge in [0.05, 0.1) is 37.3 Å². The fourth-order valence-corrected chi connectivity index (χ4v) is 5.55. The average Bonchev–Trinajstić information content (AvgIpc) is 3.49. The zero-order chi connectivity index (χ0) is 24.9. The molecule has 0 amide bonds. The lowest BCUT2D eigenvalue weighted by atomic mass is 9.88. The third kappa shape index (κ3) is 4.30. The highest BCUT2D eigenvalue weighted by Gasteiger charge is 2.40. The third-order valence-electron chi connectivity index (χ3n) is 7.79. The van der Waals surface area contributed by atoms with Crippen molar-refractivity contribution in [2.24, 2.45) is 5.73 Å². The number of carboxylic acids is 1. The summed E-state index contributed by atoms with van der Waals surface area (Å²) in [5.74, 6) is -0.0197. The van der Waals surface area contributed by atoms with Gasteiger partial charge in [0.25, 0.3) is 0 Å². The van der Waals surface area contributed by atoms with Crippen LogP contribution in [0.15, 0.2) is 30.5 Å². The van der Waals surface area contributed by atoms with Gasteiger partial charge in [-0.15, -0.1) is 0 Å². The summed E-state index contributed by atoms with van der Waals surface area (Å²) >= 11 is 0. The molecule has 1 aliphatic heterocycles. The van der Waals surface area contributed by atoms with Crippen LogP contribution in [0.5, 0.6) is 5.75 Å². The highest BCUT2D eigenvalue weighted by Crippen LogP contribution is 2.42. The molecule has 188 valence electrons. The minimum atomic E-state index is -0.882. The second-order valence-electron chi connectivity index (χ2n) is 10.3. The Kier molecular flexibility index (Phi) is 5.82. The van der Waals surface area contributed by atoms with Crippen LogP contribution in [0.3, 0.4) is 0 Å². The number of fused-ring (bicyclic) bond motifs is 3. The molecule has 2 fully saturated rings. The van der Waals surface area contributed by atoms with Crippen LogP contribution < -0.4 is 10.5 Å². The van der Waals surface area contributed by atoms with Gasteiger partial charge in [0.15, 0.2) is 0 Å². The van der Waals surface area contributed by atoms with E-state index >= 15 is 0 Å². The zero-order valence-corrected chi connectivity index (χ0v) is 20.6. The second kappa shape index (κ2) is 9.03. The van der Waals surface area contributed by atoms with Gasteiger partial charge in [0, 0.05) is 60.2 Å². The van der Waals surface area contributed by atoms with Gasteiger partial charge >= 0.3 is 5.97 Å². The Balaban J connectivity index is 1.37. The summed E-state index contributed by atoms with van der Waals surface area (Å²) in [6, 6.07) is 8.28. The summed E-state index contributed by atoms with van der Waals surface area (Å²) in [5.41, 5.74) is 14.2. The van der Waals surface area contributed by atoms with Gasteiger partial charge in [-0.05, 0) is 61.1 Å². The molecule has 2 aliphatic carbocycles. The fraction of sp³-hybridized carbons (Fsp3) is 0.429. The summed E-state index contributed by atoms with van der Waals surface area (Å²) < 4.78 is 11.1. The molecule has 1 saturated heterocycles. The van der Waals surface area contributed by atoms with Crippen LogP contribution in [0.25, 0.3) is 22.5 Å². The molecule has 3 heterocycles. The van der Waals surface area contributed by atoms with E-state index in [1.54, 1.807) is 7.11 Å². The number of carboxylic acid groups (broad SMARTS) is 1. The van der Waals surface area contributed by atoms with Crippen molar-refractivity contribution in [1.82, 2.24) is 14.9 Å². The minimum absolute atomic E-state index is 0.274. The van der Waals surface area contributed by atoms with E-state index in [2.05, 4.69) is 22.0 Å². The van der Waals surface area contributed by atoms with Crippen LogP contribution >= 0.6 is 0 Å². The van der Waals surface area contributed by atoms with Crippen molar-refractivity contribution < 1.29 is 19.4 Å². The first-order chi connectivity index (χ1) is 17.4. The van der Waals surface area contributed by atoms with E-state index in [0.29, 0.717) is 18.4 Å². The summed E-state index contributed by atoms with van der Waals surface area (Å²) in [6.45, 7) is 4.09. The van der Waals surface area contributed by atoms with Crippen LogP contribution in [-0.4, -0.2) is 64.9 Å². The fourth-order valence-electron chi connectivity index (χ4n) is 5.55. The standard InChI is InChI=1S/C28H32N4O4/c1-35-24-5-3-17(12-19(24)16-32-8-10-36-11-9-32)22-13-21-18(15-30-22)2-4-20-25(27(33)34)23(31-26(20)21)14-28(29)6-7-28/h3,5,12-13,15,31H,2,4,6-11,14,16,29H2,1H3,(H,33,34). The monoisotopic (exact) mass is 488 g/mol. The van der Waals surface area contributed by atoms with Gasteiger partial charge in [0.1, 0.15) is 5.75 Å². The number of rotatable bonds is 7. The maximum absolute atomic E-state index is 12.2. The number of aryl methyl sites for hydroxylation is 1. The van der Waals surface area contributed by atoms with Gasteiger partial charge in [-0.1, -0.05) is 0 Å². The number of methoxy groups -OCH3 is 1. The Morgan fingerprint density at radius 2 is 2.06 bits per heavy atom. The van der Waals surface area contributed by atoms with Crippen molar-refractivity contribution in [3.05, 3.63) is 58.4 Å². The molecule has 1 saturated carbocycles. The number of hydrogen-bond donors (Lipinski definition) is 3. The summed E-state index contributed by atoms with van der Waals surface area (Å²) in [6.07, 6.45) is 5.83. The Bertz CT molecular complexity index is 1320. The van der Waals surface area contributed by atoms with E-state index < -0.39 is 5.97 Å². The normalized spacial score (nSPS) is 18.4. The number of ether oxygens (including phenoxy) is 2. The summed E-state index contributed by atoms with van der Waals surface area (Å²) in [7, 11) is 1.70. The molecule has 0 radical (unpaired) electrons. The molecule has 8 heteroatoms. The minimum Gasteiger partial charge on any atom is -0.496 e. The smallest absolute Gasteiger partial charge is 0.337 e. The SMILES string of the molecule is COc1ccc(-c2cc3c(cn2)CCc2c-3[nH]c(CC3(N)CC3)c2C(=O)O)cc1CN1CCOCC1. The first kappa shape index (κ1) is 23.2. The quantitative estimate of drug-likeness (QED) is 0.467. The number of nitrogens with zero attached hydrogens (tertiary/aromatic N) is 2. The molecule has 0 unspecified atom stereocenters. The zero-order valence-electron chi connectivity index (χ0n) is 20.6. The largest absolute Gasteiger partial charge is 0.496 e. The molecule has 0 bridgehead atoms. The lowest BCUT2D eigenvalue weighted by Crippen LogP contribution is -2.35. The Hall–Kier alpha value is -3.20. The van der Waals surface area contributed by atoms with Gasteiger partial charge < -0.3 is 25.3 Å². The van der Waals surface area contributed by atoms with Gasteiger partial charge in [-0.25, -0.2) is 4.79 Å². The van der Waals surface area contributed by atoms with Crippen molar-refractivity contribution in [1.29, 1.82) is 0 Å². The molecule has 6 rings (SSSR count). The van der Waals surface area contributed by atoms with Crippen LogP contribution in [0.2, 0.25) is 0 Å². The van der Waals surface area contributed by atoms with Crippen molar-refractivity contribution in [2.45, 2.75) is 44.2 Å². The number of H-pyrrole nitrogens is 1. The molecule has 0 atom stereocenters. The number of aromatic nitrogens is 2. The molecule has 0 spiro atoms. The predicted molar refractivity (Wildman–Crippen MR) is 136 cm³/mol. The van der Waals surface area contributed by atoms with Crippen molar-refractivity contribution in [3.63, 3.8) is 0 Å². The topological polar surface area (TPSA) is 114 Å². The number of aromatic carboxylic acids is 1. The molecular weight excluding hydrogens is 456 g/mol. The molecule has 3 aliphatic rings. The molecule has 3 aromatic rings. The highest BCUT2D eigenvalue weighted by molar-refractivity contribution is 5.95. The van der Waals surface area contributed by atoms with Crippen molar-refractivity contribution in [2.75, 3.05) is 33.4 Å². The molecule has 1 aromatic carbocycles. The lowest BCUT2D eigenvalue weighted by Gasteiger charge is -2.27. The Labute approximate surface area is 210 Å². The maximum Gasteiger partial charge on any atom is 0.337 e. The number of benzene rings is 1. The number of carbonyl (C=O) groups is 1. The van der Waals surface area contributed by atoms with Crippen LogP contribution in [0.4, 0.5) is 0 Å². The van der Waals surface area contributed by atoms with E-state index in [1.807, 2.05) is 18.3 Å². The van der Waals surface area contributed by atoms with E-state index in [-0.39, 0.29) is 5.54 Å². The Morgan fingerprint density at radius 3 is 2.78 bits per heavy atom. The first-order valence-electron chi connectivity index (χ1n) is 12.7. The van der Waals surface area contributed by atoms with Gasteiger partial charge in [-0.2, -0.15) is 0 Å². The number of morpholine rings is 1. The number of aromatic amines is 1. The van der Waals surface area contributed by atoms with Crippen molar-refractivity contribution in [3.8, 4) is 28.3 Å². The van der Waals surface area contributed by atoms with E-state index in [1.165, 1.54) is 0 Å². The average molecular weight is 489 g/mol. The third-order valence-corrected chi connectivity index (χ3v) is 7.79. The van der Waals surface area contributed by atoms with Crippen LogP contribution in [-0.2, 0) is 30.5 Å². The van der Waals surface area contributed by atoms with E-state index in [0.717, 1.165) is 103 Å². The Morgan fingerprint density at radius 1 is 1.25 bits per heavy atom. The number of nitrogens with one attached hydrogen (secondary N) is 1. The van der Waals surface area contributed by atoms with Gasteiger partial charge in [-0.3, -0.25) is 9.88 Å². The number of hydrogen-bond acceptors (Lipinski definition) is 6. The summed E-state index contributed by atoms with van der Waals surface area (Å²) in [4.78, 5) is 22.9. The summed E-state index contributed by atoms with van der Waals surface area (Å²) in [5, 5.41) is 10.0. The highest BCUT2D eigenvalue weighted by atomic mass is 16.5. The number of nitrogens with two attached hydrogens (primary N) is 1. The number of pyridine rings is 1. The van der Waals surface area contributed by atoms with Crippen LogP contribution in [0.1, 0.15) is 45.6 Å². The predicted octanol–water partition coefficient (Wildman–Crippen LogP) is 3.42. The van der Waals surface area contributed by atoms with E-state index in [9.17, 15) is 9.90 Å². The molecule has 8 nitrogen and oxygen atoms in total. The maximum atomic E-state index is 12.2. The lowest BCUT2D eigenvalue weighted by molar-refractivity contribution is 0.0339. The second-order valence-corrected chi connectivity index (χ2v) is 10.3. The molecular formula is C28H32N4O4. The van der Waals surface area contributed by atoms with E-state index in [4.69, 9.17) is 20.2 Å². The molecule has 36 heavy (non-hydrogen) atoms.